The molecule has 56 heavy (non-hydrogen) atoms. The second-order valence-corrected chi connectivity index (χ2v) is 16.4. The van der Waals surface area contributed by atoms with Crippen LogP contribution in [0.3, 0.4) is 0 Å². The molecule has 0 aliphatic rings. The Kier molecular flexibility index (Phi) is 43.9. The first-order valence-corrected chi connectivity index (χ1v) is 24.3. The van der Waals surface area contributed by atoms with Crippen molar-refractivity contribution in [3.63, 3.8) is 0 Å². The van der Waals surface area contributed by atoms with Crippen LogP contribution in [0.25, 0.3) is 0 Å². The first kappa shape index (κ1) is 53.9. The zero-order chi connectivity index (χ0) is 40.8. The van der Waals surface area contributed by atoms with Crippen LogP contribution in [0.1, 0.15) is 258 Å². The van der Waals surface area contributed by atoms with Crippen molar-refractivity contribution in [3.05, 3.63) is 24.3 Å². The van der Waals surface area contributed by atoms with Gasteiger partial charge in [-0.25, -0.2) is 0 Å². The number of carbonyl (C=O) groups excluding carboxylic acids is 3. The Balaban J connectivity index is 4.29. The Hall–Kier alpha value is -2.11. The Bertz CT molecular complexity index is 911. The maximum Gasteiger partial charge on any atom is 0.306 e. The van der Waals surface area contributed by atoms with Gasteiger partial charge in [0.25, 0.3) is 0 Å². The minimum absolute atomic E-state index is 0.0752. The fourth-order valence-electron chi connectivity index (χ4n) is 6.96. The number of unbranched alkanes of at least 4 members (excludes halogenated alkanes) is 29. The summed E-state index contributed by atoms with van der Waals surface area (Å²) in [7, 11) is 0. The lowest BCUT2D eigenvalue weighted by Gasteiger charge is -2.18. The van der Waals surface area contributed by atoms with E-state index in [2.05, 4.69) is 45.1 Å². The van der Waals surface area contributed by atoms with E-state index in [9.17, 15) is 14.4 Å². The van der Waals surface area contributed by atoms with Gasteiger partial charge in [-0.1, -0.05) is 193 Å². The van der Waals surface area contributed by atoms with Crippen LogP contribution in [0.4, 0.5) is 0 Å². The largest absolute Gasteiger partial charge is 0.462 e. The summed E-state index contributed by atoms with van der Waals surface area (Å²) < 4.78 is 16.7. The van der Waals surface area contributed by atoms with Gasteiger partial charge in [-0.2, -0.15) is 0 Å². The molecule has 0 radical (unpaired) electrons. The molecule has 0 heterocycles. The van der Waals surface area contributed by atoms with E-state index in [1.807, 2.05) is 0 Å². The van der Waals surface area contributed by atoms with E-state index in [4.69, 9.17) is 14.2 Å². The summed E-state index contributed by atoms with van der Waals surface area (Å²) in [6.45, 7) is 6.58. The molecule has 6 heteroatoms. The Morgan fingerprint density at radius 1 is 0.339 bits per heavy atom. The maximum atomic E-state index is 12.7. The van der Waals surface area contributed by atoms with Crippen molar-refractivity contribution in [2.24, 2.45) is 0 Å². The molecule has 0 rings (SSSR count). The maximum absolute atomic E-state index is 12.7. The summed E-state index contributed by atoms with van der Waals surface area (Å²) in [6, 6.07) is 0. The van der Waals surface area contributed by atoms with E-state index >= 15 is 0 Å². The van der Waals surface area contributed by atoms with Crippen LogP contribution < -0.4 is 0 Å². The third-order valence-corrected chi connectivity index (χ3v) is 10.7. The third kappa shape index (κ3) is 43.0. The topological polar surface area (TPSA) is 78.9 Å². The van der Waals surface area contributed by atoms with Gasteiger partial charge in [-0.05, 0) is 70.6 Å². The molecule has 0 saturated carbocycles. The number of hydrogen-bond acceptors (Lipinski definition) is 6. The standard InChI is InChI=1S/C50H92O6/c1-4-7-10-13-16-18-20-22-24-26-27-29-31-34-37-40-43-49(52)55-46-47(45-54-48(51)42-39-36-33-15-12-9-6-3)56-50(53)44-41-38-35-32-30-28-25-23-21-19-17-14-11-8-5-2/h23-26,47H,4-22,27-46H2,1-3H3/b25-23-,26-24-. The Labute approximate surface area is 347 Å². The highest BCUT2D eigenvalue weighted by molar-refractivity contribution is 5.71. The van der Waals surface area contributed by atoms with E-state index in [-0.39, 0.29) is 31.1 Å². The zero-order valence-corrected chi connectivity index (χ0v) is 37.4. The molecule has 6 nitrogen and oxygen atoms in total. The van der Waals surface area contributed by atoms with Crippen LogP contribution in [0, 0.1) is 0 Å². The van der Waals surface area contributed by atoms with E-state index in [1.54, 1.807) is 0 Å². The molecule has 0 saturated heterocycles. The molecular formula is C50H92O6. The van der Waals surface area contributed by atoms with E-state index in [1.165, 1.54) is 148 Å². The Morgan fingerprint density at radius 2 is 0.589 bits per heavy atom. The van der Waals surface area contributed by atoms with Crippen molar-refractivity contribution in [1.82, 2.24) is 0 Å². The molecule has 0 fully saturated rings. The van der Waals surface area contributed by atoms with Crippen LogP contribution in [0.15, 0.2) is 24.3 Å². The van der Waals surface area contributed by atoms with Crippen LogP contribution in [0.2, 0.25) is 0 Å². The highest BCUT2D eigenvalue weighted by Gasteiger charge is 2.19. The number of allylic oxidation sites excluding steroid dienone is 4. The summed E-state index contributed by atoms with van der Waals surface area (Å²) in [6.07, 6.45) is 50.3. The van der Waals surface area contributed by atoms with Gasteiger partial charge in [0.1, 0.15) is 13.2 Å². The lowest BCUT2D eigenvalue weighted by molar-refractivity contribution is -0.167. The lowest BCUT2D eigenvalue weighted by Crippen LogP contribution is -2.30. The molecule has 0 aromatic heterocycles. The molecule has 0 aliphatic carbocycles. The number of carbonyl (C=O) groups is 3. The molecule has 0 aromatic rings. The van der Waals surface area contributed by atoms with Gasteiger partial charge in [0.05, 0.1) is 0 Å². The predicted molar refractivity (Wildman–Crippen MR) is 238 cm³/mol. The molecule has 0 bridgehead atoms. The van der Waals surface area contributed by atoms with Crippen molar-refractivity contribution in [1.29, 1.82) is 0 Å². The van der Waals surface area contributed by atoms with Crippen LogP contribution in [-0.4, -0.2) is 37.2 Å². The normalized spacial score (nSPS) is 12.1. The number of hydrogen-bond donors (Lipinski definition) is 0. The summed E-state index contributed by atoms with van der Waals surface area (Å²) in [5.74, 6) is -0.891. The number of ether oxygens (including phenoxy) is 3. The summed E-state index contributed by atoms with van der Waals surface area (Å²) in [4.78, 5) is 37.7. The van der Waals surface area contributed by atoms with Crippen molar-refractivity contribution < 1.29 is 28.6 Å². The van der Waals surface area contributed by atoms with Crippen molar-refractivity contribution in [2.45, 2.75) is 264 Å². The molecule has 0 N–H and O–H groups in total. The van der Waals surface area contributed by atoms with Crippen molar-refractivity contribution in [3.8, 4) is 0 Å². The molecule has 1 unspecified atom stereocenters. The quantitative estimate of drug-likeness (QED) is 0.0265. The van der Waals surface area contributed by atoms with Gasteiger partial charge < -0.3 is 14.2 Å². The van der Waals surface area contributed by atoms with Gasteiger partial charge in [0.15, 0.2) is 6.10 Å². The van der Waals surface area contributed by atoms with Gasteiger partial charge in [-0.15, -0.1) is 0 Å². The van der Waals surface area contributed by atoms with Crippen molar-refractivity contribution >= 4 is 17.9 Å². The molecule has 0 aromatic carbocycles. The van der Waals surface area contributed by atoms with Gasteiger partial charge in [-0.3, -0.25) is 14.4 Å². The smallest absolute Gasteiger partial charge is 0.306 e. The average molecular weight is 789 g/mol. The van der Waals surface area contributed by atoms with Crippen LogP contribution in [-0.2, 0) is 28.6 Å². The minimum Gasteiger partial charge on any atom is -0.462 e. The van der Waals surface area contributed by atoms with Gasteiger partial charge >= 0.3 is 17.9 Å². The third-order valence-electron chi connectivity index (χ3n) is 10.7. The second-order valence-electron chi connectivity index (χ2n) is 16.4. The van der Waals surface area contributed by atoms with Gasteiger partial charge in [0, 0.05) is 19.3 Å². The number of rotatable bonds is 44. The second kappa shape index (κ2) is 45.6. The monoisotopic (exact) mass is 789 g/mol. The average Bonchev–Trinajstić information content (AvgIpc) is 3.19. The van der Waals surface area contributed by atoms with Crippen LogP contribution >= 0.6 is 0 Å². The first-order valence-electron chi connectivity index (χ1n) is 24.3. The SMILES string of the molecule is CCCCCCCC/C=C\CCCCCCCC(=O)OC(COC(=O)CCCCCCC/C=C\CCCCCCCCC)COC(=O)CCCCCCCCC. The highest BCUT2D eigenvalue weighted by Crippen LogP contribution is 2.14. The molecule has 0 amide bonds. The predicted octanol–water partition coefficient (Wildman–Crippen LogP) is 15.6. The van der Waals surface area contributed by atoms with E-state index in [0.29, 0.717) is 19.3 Å². The summed E-state index contributed by atoms with van der Waals surface area (Å²) in [5.41, 5.74) is 0. The fourth-order valence-corrected chi connectivity index (χ4v) is 6.96. The lowest BCUT2D eigenvalue weighted by atomic mass is 10.1. The summed E-state index contributed by atoms with van der Waals surface area (Å²) >= 11 is 0. The molecule has 1 atom stereocenters. The highest BCUT2D eigenvalue weighted by atomic mass is 16.6. The molecule has 328 valence electrons. The van der Waals surface area contributed by atoms with Crippen LogP contribution in [0.5, 0.6) is 0 Å². The molecule has 0 aliphatic heterocycles. The number of esters is 3. The Morgan fingerprint density at radius 3 is 0.893 bits per heavy atom. The van der Waals surface area contributed by atoms with Gasteiger partial charge in [0.2, 0.25) is 0 Å². The van der Waals surface area contributed by atoms with E-state index in [0.717, 1.165) is 70.6 Å². The summed E-state index contributed by atoms with van der Waals surface area (Å²) in [5, 5.41) is 0. The van der Waals surface area contributed by atoms with E-state index < -0.39 is 6.10 Å². The van der Waals surface area contributed by atoms with Crippen molar-refractivity contribution in [2.75, 3.05) is 13.2 Å². The fraction of sp³-hybridized carbons (Fsp3) is 0.860. The zero-order valence-electron chi connectivity index (χ0n) is 37.4. The molecular weight excluding hydrogens is 697 g/mol. The minimum atomic E-state index is -0.772. The molecule has 0 spiro atoms. The first-order chi connectivity index (χ1) is 27.5.